The van der Waals surface area contributed by atoms with Gasteiger partial charge in [0.2, 0.25) is 6.29 Å². The van der Waals surface area contributed by atoms with Gasteiger partial charge in [0.25, 0.3) is 5.91 Å². The highest BCUT2D eigenvalue weighted by Crippen LogP contribution is 2.33. The van der Waals surface area contributed by atoms with Gasteiger partial charge in [-0.1, -0.05) is 18.0 Å². The van der Waals surface area contributed by atoms with Crippen LogP contribution in [-0.4, -0.2) is 54.4 Å². The first kappa shape index (κ1) is 30.4. The molecule has 0 saturated carbocycles. The monoisotopic (exact) mass is 633 g/mol. The molecule has 1 aliphatic rings. The second-order valence-electron chi connectivity index (χ2n) is 9.62. The molecule has 0 aromatic heterocycles. The van der Waals surface area contributed by atoms with Gasteiger partial charge in [-0.15, -0.1) is 0 Å². The molecular formula is C25H37Br2N3O6. The lowest BCUT2D eigenvalue weighted by atomic mass is 10.1. The molecule has 0 radical (unpaired) electrons. The Morgan fingerprint density at radius 2 is 1.72 bits per heavy atom. The minimum atomic E-state index is -0.506. The molecule has 1 fully saturated rings. The average molecular weight is 635 g/mol. The number of rotatable bonds is 12. The van der Waals surface area contributed by atoms with E-state index in [0.29, 0.717) is 28.6 Å². The summed E-state index contributed by atoms with van der Waals surface area (Å²) >= 11 is 6.64. The van der Waals surface area contributed by atoms with Crippen molar-refractivity contribution in [3.63, 3.8) is 0 Å². The Balaban J connectivity index is 1.80. The molecule has 1 atom stereocenters. The first-order valence-corrected chi connectivity index (χ1v) is 13.9. The number of unbranched alkanes of at least 4 members (excludes halogenated alkanes) is 3. The van der Waals surface area contributed by atoms with Crippen LogP contribution in [0.3, 0.4) is 0 Å². The average Bonchev–Trinajstić information content (AvgIpc) is 2.81. The predicted molar refractivity (Wildman–Crippen MR) is 145 cm³/mol. The van der Waals surface area contributed by atoms with Gasteiger partial charge in [0.1, 0.15) is 17.1 Å². The fraction of sp³-hybridized carbons (Fsp3) is 0.640. The molecule has 0 bridgehead atoms. The van der Waals surface area contributed by atoms with Crippen molar-refractivity contribution in [3.8, 4) is 5.75 Å². The van der Waals surface area contributed by atoms with Crippen LogP contribution < -0.4 is 10.6 Å². The van der Waals surface area contributed by atoms with E-state index in [1.807, 2.05) is 20.8 Å². The van der Waals surface area contributed by atoms with Gasteiger partial charge in [-0.25, -0.2) is 4.79 Å². The van der Waals surface area contributed by atoms with Crippen LogP contribution in [0.4, 0.5) is 4.79 Å². The Labute approximate surface area is 230 Å². The zero-order valence-electron chi connectivity index (χ0n) is 21.2. The molecule has 1 heterocycles. The smallest absolute Gasteiger partial charge is 0.407 e. The minimum Gasteiger partial charge on any atom is -0.506 e. The molecule has 1 aromatic carbocycles. The normalized spacial score (nSPS) is 16.4. The van der Waals surface area contributed by atoms with Gasteiger partial charge < -0.3 is 30.1 Å². The Morgan fingerprint density at radius 1 is 1.08 bits per heavy atom. The number of halogens is 2. The van der Waals surface area contributed by atoms with Crippen molar-refractivity contribution in [1.82, 2.24) is 10.6 Å². The first-order valence-electron chi connectivity index (χ1n) is 12.3. The molecular weight excluding hydrogens is 598 g/mol. The number of nitrogens with one attached hydrogen (secondary N) is 2. The zero-order valence-corrected chi connectivity index (χ0v) is 24.4. The van der Waals surface area contributed by atoms with Crippen molar-refractivity contribution in [2.24, 2.45) is 5.16 Å². The van der Waals surface area contributed by atoms with E-state index in [9.17, 15) is 14.7 Å². The van der Waals surface area contributed by atoms with Gasteiger partial charge >= 0.3 is 6.09 Å². The molecule has 1 aromatic rings. The standard InChI is InChI=1S/C25H37Br2N3O6/c1-25(2,3)35-24(33)29-12-8-5-4-7-11-28-23(32)20(30-36-21-10-6-9-13-34-21)16-17-14-18(26)22(31)19(27)15-17/h14-15,21,31H,4-13,16H2,1-3H3,(H,28,32)(H,29,33). The van der Waals surface area contributed by atoms with E-state index >= 15 is 0 Å². The highest BCUT2D eigenvalue weighted by molar-refractivity contribution is 9.11. The van der Waals surface area contributed by atoms with Crippen LogP contribution in [0.25, 0.3) is 0 Å². The number of ether oxygens (including phenoxy) is 2. The van der Waals surface area contributed by atoms with Gasteiger partial charge in [0.15, 0.2) is 0 Å². The highest BCUT2D eigenvalue weighted by atomic mass is 79.9. The van der Waals surface area contributed by atoms with Crippen molar-refractivity contribution >= 4 is 49.6 Å². The van der Waals surface area contributed by atoms with Gasteiger partial charge in [-0.05, 0) is 96.0 Å². The number of oxime groups is 1. The molecule has 0 spiro atoms. The van der Waals surface area contributed by atoms with Crippen LogP contribution in [0.1, 0.15) is 71.3 Å². The second-order valence-corrected chi connectivity index (χ2v) is 11.3. The number of phenolic OH excluding ortho intramolecular Hbond substituents is 1. The molecule has 1 unspecified atom stereocenters. The van der Waals surface area contributed by atoms with Crippen LogP contribution in [0, 0.1) is 0 Å². The summed E-state index contributed by atoms with van der Waals surface area (Å²) in [6, 6.07) is 3.48. The Bertz CT molecular complexity index is 875. The highest BCUT2D eigenvalue weighted by Gasteiger charge is 2.19. The van der Waals surface area contributed by atoms with E-state index in [2.05, 4.69) is 47.6 Å². The summed E-state index contributed by atoms with van der Waals surface area (Å²) in [5.41, 5.74) is 0.509. The maximum absolute atomic E-state index is 12.9. The summed E-state index contributed by atoms with van der Waals surface area (Å²) in [7, 11) is 0. The van der Waals surface area contributed by atoms with E-state index in [4.69, 9.17) is 14.3 Å². The summed E-state index contributed by atoms with van der Waals surface area (Å²) in [6.45, 7) is 7.16. The molecule has 3 N–H and O–H groups in total. The number of alkyl carbamates (subject to hydrolysis) is 1. The van der Waals surface area contributed by atoms with Crippen LogP contribution in [0.2, 0.25) is 0 Å². The molecule has 0 aliphatic carbocycles. The van der Waals surface area contributed by atoms with Crippen molar-refractivity contribution in [2.45, 2.75) is 84.0 Å². The third-order valence-corrected chi connectivity index (χ3v) is 6.40. The fourth-order valence-electron chi connectivity index (χ4n) is 3.40. The molecule has 1 saturated heterocycles. The number of nitrogens with zero attached hydrogens (tertiary/aromatic N) is 1. The van der Waals surface area contributed by atoms with Crippen LogP contribution in [0.5, 0.6) is 5.75 Å². The topological polar surface area (TPSA) is 118 Å². The third-order valence-electron chi connectivity index (χ3n) is 5.19. The SMILES string of the molecule is CC(C)(C)OC(=O)NCCCCCCNC(=O)C(Cc1cc(Br)c(O)c(Br)c1)=NOC1CCCCO1. The van der Waals surface area contributed by atoms with E-state index in [1.54, 1.807) is 12.1 Å². The number of hydrogen-bond acceptors (Lipinski definition) is 7. The summed E-state index contributed by atoms with van der Waals surface area (Å²) in [5, 5.41) is 19.8. The summed E-state index contributed by atoms with van der Waals surface area (Å²) in [6.07, 6.45) is 5.55. The largest absolute Gasteiger partial charge is 0.506 e. The van der Waals surface area contributed by atoms with Crippen molar-refractivity contribution in [2.75, 3.05) is 19.7 Å². The molecule has 202 valence electrons. The lowest BCUT2D eigenvalue weighted by Gasteiger charge is -2.20. The number of aromatic hydroxyl groups is 1. The van der Waals surface area contributed by atoms with Crippen LogP contribution in [-0.2, 0) is 25.5 Å². The first-order chi connectivity index (χ1) is 17.0. The minimum absolute atomic E-state index is 0.0924. The predicted octanol–water partition coefficient (Wildman–Crippen LogP) is 5.56. The molecule has 11 heteroatoms. The van der Waals surface area contributed by atoms with E-state index < -0.39 is 18.0 Å². The second kappa shape index (κ2) is 15.4. The van der Waals surface area contributed by atoms with E-state index in [-0.39, 0.29) is 23.8 Å². The van der Waals surface area contributed by atoms with E-state index in [1.165, 1.54) is 0 Å². The quantitative estimate of drug-likeness (QED) is 0.157. The Kier molecular flexibility index (Phi) is 13.0. The van der Waals surface area contributed by atoms with Crippen molar-refractivity contribution in [3.05, 3.63) is 26.6 Å². The molecule has 36 heavy (non-hydrogen) atoms. The van der Waals surface area contributed by atoms with E-state index in [0.717, 1.165) is 50.5 Å². The third kappa shape index (κ3) is 11.9. The molecule has 2 amide bonds. The number of carbonyl (C=O) groups excluding carboxylic acids is 2. The molecule has 9 nitrogen and oxygen atoms in total. The number of benzene rings is 1. The number of phenols is 1. The van der Waals surface area contributed by atoms with Crippen molar-refractivity contribution < 1.29 is 29.0 Å². The molecule has 2 rings (SSSR count). The van der Waals surface area contributed by atoms with Gasteiger partial charge in [-0.3, -0.25) is 4.79 Å². The lowest BCUT2D eigenvalue weighted by Crippen LogP contribution is -2.34. The summed E-state index contributed by atoms with van der Waals surface area (Å²) in [5.74, 6) is -0.215. The van der Waals surface area contributed by atoms with Gasteiger partial charge in [-0.2, -0.15) is 0 Å². The van der Waals surface area contributed by atoms with Gasteiger partial charge in [0, 0.05) is 25.9 Å². The fourth-order valence-corrected chi connectivity index (χ4v) is 4.68. The number of carbonyl (C=O) groups is 2. The van der Waals surface area contributed by atoms with Gasteiger partial charge in [0.05, 0.1) is 15.6 Å². The summed E-state index contributed by atoms with van der Waals surface area (Å²) < 4.78 is 11.8. The van der Waals surface area contributed by atoms with Crippen LogP contribution in [0.15, 0.2) is 26.2 Å². The maximum Gasteiger partial charge on any atom is 0.407 e. The number of amides is 2. The Morgan fingerprint density at radius 3 is 2.31 bits per heavy atom. The molecule has 1 aliphatic heterocycles. The Hall–Kier alpha value is -1.85. The maximum atomic E-state index is 12.9. The summed E-state index contributed by atoms with van der Waals surface area (Å²) in [4.78, 5) is 30.1. The number of hydrogen-bond donors (Lipinski definition) is 3. The van der Waals surface area contributed by atoms with Crippen LogP contribution >= 0.6 is 31.9 Å². The zero-order chi connectivity index (χ0) is 26.6. The lowest BCUT2D eigenvalue weighted by molar-refractivity contribution is -0.162. The van der Waals surface area contributed by atoms with Crippen molar-refractivity contribution in [1.29, 1.82) is 0 Å².